The van der Waals surface area contributed by atoms with Gasteiger partial charge in [-0.3, -0.25) is 9.48 Å². The molecule has 0 atom stereocenters. The molecule has 35 heavy (non-hydrogen) atoms. The van der Waals surface area contributed by atoms with Crippen LogP contribution in [0.25, 0.3) is 11.1 Å². The van der Waals surface area contributed by atoms with Crippen molar-refractivity contribution < 1.29 is 18.0 Å². The molecule has 1 fully saturated rings. The van der Waals surface area contributed by atoms with Crippen LogP contribution in [0.5, 0.6) is 0 Å². The largest absolute Gasteiger partial charge is 0.416 e. The smallest absolute Gasteiger partial charge is 0.326 e. The normalized spacial score (nSPS) is 13.6. The first-order chi connectivity index (χ1) is 16.8. The van der Waals surface area contributed by atoms with E-state index in [1.54, 1.807) is 24.5 Å². The van der Waals surface area contributed by atoms with Gasteiger partial charge in [0.05, 0.1) is 24.2 Å². The van der Waals surface area contributed by atoms with Crippen LogP contribution in [0.4, 0.5) is 18.9 Å². The number of hydrogen-bond donors (Lipinski definition) is 1. The second kappa shape index (κ2) is 9.32. The molecular weight excluding hydrogens is 455 g/mol. The Bertz CT molecular complexity index is 1330. The van der Waals surface area contributed by atoms with Gasteiger partial charge in [-0.05, 0) is 47.7 Å². The number of rotatable bonds is 7. The number of carbonyl (C=O) groups excluding carboxylic acids is 1. The summed E-state index contributed by atoms with van der Waals surface area (Å²) in [5, 5.41) is 6.91. The summed E-state index contributed by atoms with van der Waals surface area (Å²) in [4.78, 5) is 21.2. The third-order valence-corrected chi connectivity index (χ3v) is 5.77. The van der Waals surface area contributed by atoms with Gasteiger partial charge in [0, 0.05) is 36.3 Å². The quantitative estimate of drug-likeness (QED) is 0.383. The number of carbonyl (C=O) groups is 1. The van der Waals surface area contributed by atoms with Gasteiger partial charge in [0.25, 0.3) is 0 Å². The molecule has 1 aliphatic carbocycles. The number of hydrogen-bond acceptors (Lipinski definition) is 4. The van der Waals surface area contributed by atoms with E-state index in [-0.39, 0.29) is 12.1 Å². The van der Waals surface area contributed by atoms with Crippen molar-refractivity contribution in [2.75, 3.05) is 5.32 Å². The Morgan fingerprint density at radius 2 is 1.71 bits per heavy atom. The number of nitrogens with zero attached hydrogens (tertiary/aromatic N) is 4. The van der Waals surface area contributed by atoms with Crippen molar-refractivity contribution in [1.82, 2.24) is 19.7 Å². The van der Waals surface area contributed by atoms with Crippen LogP contribution in [-0.2, 0) is 23.8 Å². The highest BCUT2D eigenvalue weighted by molar-refractivity contribution is 5.92. The minimum atomic E-state index is -4.46. The Kier molecular flexibility index (Phi) is 6.07. The summed E-state index contributed by atoms with van der Waals surface area (Å²) in [6, 6.07) is 12.5. The van der Waals surface area contributed by atoms with Gasteiger partial charge in [-0.2, -0.15) is 18.3 Å². The summed E-state index contributed by atoms with van der Waals surface area (Å²) < 4.78 is 40.6. The molecule has 1 amide bonds. The number of anilines is 1. The Labute approximate surface area is 199 Å². The molecule has 2 aromatic heterocycles. The van der Waals surface area contributed by atoms with Crippen molar-refractivity contribution in [1.29, 1.82) is 0 Å². The van der Waals surface area contributed by atoms with Gasteiger partial charge >= 0.3 is 6.18 Å². The van der Waals surface area contributed by atoms with Crippen molar-refractivity contribution in [3.05, 3.63) is 95.8 Å². The van der Waals surface area contributed by atoms with Crippen LogP contribution in [-0.4, -0.2) is 25.7 Å². The van der Waals surface area contributed by atoms with Gasteiger partial charge in [-0.25, -0.2) is 9.97 Å². The maximum atomic E-state index is 12.9. The number of aromatic nitrogens is 4. The second-order valence-electron chi connectivity index (χ2n) is 8.62. The second-order valence-corrected chi connectivity index (χ2v) is 8.62. The lowest BCUT2D eigenvalue weighted by Crippen LogP contribution is -2.15. The Balaban J connectivity index is 1.18. The molecular formula is C26H22F3N5O. The zero-order chi connectivity index (χ0) is 24.4. The standard InChI is InChI=1S/C26H22F3N5O/c27-26(28,29)21-2-1-3-22(12-21)33-25(35)11-17-4-6-19(7-5-17)20-14-30-24(31-15-20)10-18-13-32-34(16-18)23-8-9-23/h1-7,12-16,23H,8-11H2,(H,33,35). The zero-order valence-electron chi connectivity index (χ0n) is 18.7. The summed E-state index contributed by atoms with van der Waals surface area (Å²) in [5.41, 5.74) is 2.88. The van der Waals surface area contributed by atoms with Gasteiger partial charge in [0.15, 0.2) is 0 Å². The van der Waals surface area contributed by atoms with Gasteiger partial charge in [0.1, 0.15) is 5.82 Å². The summed E-state index contributed by atoms with van der Waals surface area (Å²) in [6.07, 6.45) is 6.02. The highest BCUT2D eigenvalue weighted by Crippen LogP contribution is 2.34. The van der Waals surface area contributed by atoms with E-state index in [4.69, 9.17) is 0 Å². The van der Waals surface area contributed by atoms with Crippen molar-refractivity contribution in [2.45, 2.75) is 37.9 Å². The minimum Gasteiger partial charge on any atom is -0.326 e. The predicted molar refractivity (Wildman–Crippen MR) is 125 cm³/mol. The van der Waals surface area contributed by atoms with E-state index in [1.807, 2.05) is 23.0 Å². The van der Waals surface area contributed by atoms with Crippen molar-refractivity contribution in [3.63, 3.8) is 0 Å². The lowest BCUT2D eigenvalue weighted by Gasteiger charge is -2.10. The molecule has 9 heteroatoms. The predicted octanol–water partition coefficient (Wildman–Crippen LogP) is 5.47. The van der Waals surface area contributed by atoms with E-state index in [9.17, 15) is 18.0 Å². The fraction of sp³-hybridized carbons (Fsp3) is 0.231. The zero-order valence-corrected chi connectivity index (χ0v) is 18.7. The fourth-order valence-corrected chi connectivity index (χ4v) is 3.76. The molecule has 0 spiro atoms. The van der Waals surface area contributed by atoms with E-state index in [0.29, 0.717) is 18.3 Å². The molecule has 2 aromatic carbocycles. The van der Waals surface area contributed by atoms with Crippen LogP contribution in [0.1, 0.15) is 41.4 Å². The van der Waals surface area contributed by atoms with E-state index >= 15 is 0 Å². The molecule has 5 rings (SSSR count). The molecule has 0 unspecified atom stereocenters. The lowest BCUT2D eigenvalue weighted by molar-refractivity contribution is -0.137. The first-order valence-electron chi connectivity index (χ1n) is 11.2. The van der Waals surface area contributed by atoms with Crippen LogP contribution in [0, 0.1) is 0 Å². The van der Waals surface area contributed by atoms with Crippen LogP contribution in [0.15, 0.2) is 73.3 Å². The Morgan fingerprint density at radius 1 is 0.971 bits per heavy atom. The molecule has 4 aromatic rings. The van der Waals surface area contributed by atoms with Crippen LogP contribution < -0.4 is 5.32 Å². The van der Waals surface area contributed by atoms with Gasteiger partial charge in [0.2, 0.25) is 5.91 Å². The van der Waals surface area contributed by atoms with Crippen molar-refractivity contribution in [2.24, 2.45) is 0 Å². The number of alkyl halides is 3. The number of halogens is 3. The topological polar surface area (TPSA) is 72.7 Å². The summed E-state index contributed by atoms with van der Waals surface area (Å²) >= 11 is 0. The number of nitrogens with one attached hydrogen (secondary N) is 1. The lowest BCUT2D eigenvalue weighted by atomic mass is 10.0. The first kappa shape index (κ1) is 22.8. The van der Waals surface area contributed by atoms with Crippen LogP contribution >= 0.6 is 0 Å². The van der Waals surface area contributed by atoms with E-state index in [2.05, 4.69) is 26.6 Å². The average Bonchev–Trinajstić information content (AvgIpc) is 3.58. The molecule has 1 N–H and O–H groups in total. The maximum Gasteiger partial charge on any atom is 0.416 e. The van der Waals surface area contributed by atoms with E-state index in [1.165, 1.54) is 25.0 Å². The molecule has 178 valence electrons. The highest BCUT2D eigenvalue weighted by Gasteiger charge is 2.30. The SMILES string of the molecule is O=C(Cc1ccc(-c2cnc(Cc3cnn(C4CC4)c3)nc2)cc1)Nc1cccc(C(F)(F)F)c1. The van der Waals surface area contributed by atoms with E-state index < -0.39 is 17.6 Å². The minimum absolute atomic E-state index is 0.0422. The molecule has 0 radical (unpaired) electrons. The molecule has 0 aliphatic heterocycles. The highest BCUT2D eigenvalue weighted by atomic mass is 19.4. The third-order valence-electron chi connectivity index (χ3n) is 5.77. The Morgan fingerprint density at radius 3 is 2.40 bits per heavy atom. The molecule has 1 aliphatic rings. The van der Waals surface area contributed by atoms with Crippen molar-refractivity contribution >= 4 is 11.6 Å². The van der Waals surface area contributed by atoms with Gasteiger partial charge in [-0.1, -0.05) is 30.3 Å². The molecule has 1 saturated carbocycles. The van der Waals surface area contributed by atoms with Crippen LogP contribution in [0.3, 0.4) is 0 Å². The number of benzene rings is 2. The molecule has 0 bridgehead atoms. The molecule has 0 saturated heterocycles. The van der Waals surface area contributed by atoms with Crippen molar-refractivity contribution in [3.8, 4) is 11.1 Å². The molecule has 2 heterocycles. The third kappa shape index (κ3) is 5.74. The maximum absolute atomic E-state index is 12.9. The monoisotopic (exact) mass is 477 g/mol. The number of amides is 1. The Hall–Kier alpha value is -4.01. The summed E-state index contributed by atoms with van der Waals surface area (Å²) in [6.45, 7) is 0. The van der Waals surface area contributed by atoms with Gasteiger partial charge in [-0.15, -0.1) is 0 Å². The fourth-order valence-electron chi connectivity index (χ4n) is 3.76. The first-order valence-corrected chi connectivity index (χ1v) is 11.2. The summed E-state index contributed by atoms with van der Waals surface area (Å²) in [5.74, 6) is 0.321. The van der Waals surface area contributed by atoms with Gasteiger partial charge < -0.3 is 5.32 Å². The van der Waals surface area contributed by atoms with Crippen LogP contribution in [0.2, 0.25) is 0 Å². The van der Waals surface area contributed by atoms with E-state index in [0.717, 1.165) is 34.4 Å². The average molecular weight is 477 g/mol. The summed E-state index contributed by atoms with van der Waals surface area (Å²) in [7, 11) is 0. The molecule has 6 nitrogen and oxygen atoms in total.